The minimum Gasteiger partial charge on any atom is -0.480 e. The van der Waals surface area contributed by atoms with Crippen molar-refractivity contribution in [3.8, 4) is 10.6 Å². The molecule has 1 saturated carbocycles. The third kappa shape index (κ3) is 2.83. The van der Waals surface area contributed by atoms with Crippen LogP contribution in [0.2, 0.25) is 0 Å². The van der Waals surface area contributed by atoms with Gasteiger partial charge < -0.3 is 5.11 Å². The number of hydrogen-bond donors (Lipinski definition) is 1. The molecule has 3 heterocycles. The van der Waals surface area contributed by atoms with E-state index in [9.17, 15) is 18.3 Å². The number of thiazole rings is 1. The summed E-state index contributed by atoms with van der Waals surface area (Å²) in [6, 6.07) is 2.19. The highest BCUT2D eigenvalue weighted by Gasteiger charge is 2.52. The van der Waals surface area contributed by atoms with Crippen LogP contribution < -0.4 is 0 Å². The molecule has 2 fully saturated rings. The number of rotatable bonds is 4. The maximum atomic E-state index is 13.2. The Morgan fingerprint density at radius 3 is 2.84 bits per heavy atom. The topological polar surface area (TPSA) is 87.6 Å². The fourth-order valence-electron chi connectivity index (χ4n) is 3.98. The van der Waals surface area contributed by atoms with Crippen LogP contribution in [-0.4, -0.2) is 40.9 Å². The molecule has 134 valence electrons. The Hall–Kier alpha value is -1.29. The van der Waals surface area contributed by atoms with Crippen molar-refractivity contribution < 1.29 is 18.3 Å². The highest BCUT2D eigenvalue weighted by molar-refractivity contribution is 7.91. The molecule has 2 aromatic heterocycles. The minimum atomic E-state index is -3.82. The van der Waals surface area contributed by atoms with Crippen LogP contribution in [-0.2, 0) is 14.8 Å². The third-order valence-electron chi connectivity index (χ3n) is 5.05. The first-order chi connectivity index (χ1) is 11.9. The number of aryl methyl sites for hydroxylation is 1. The van der Waals surface area contributed by atoms with Gasteiger partial charge >= 0.3 is 5.97 Å². The van der Waals surface area contributed by atoms with Gasteiger partial charge in [-0.05, 0) is 44.2 Å². The van der Waals surface area contributed by atoms with Crippen LogP contribution in [0, 0.1) is 12.8 Å². The van der Waals surface area contributed by atoms with Crippen LogP contribution in [0.3, 0.4) is 0 Å². The summed E-state index contributed by atoms with van der Waals surface area (Å²) in [6.07, 6.45) is 3.04. The molecule has 1 aliphatic heterocycles. The summed E-state index contributed by atoms with van der Waals surface area (Å²) in [5, 5.41) is 12.4. The van der Waals surface area contributed by atoms with Gasteiger partial charge in [-0.3, -0.25) is 4.79 Å². The Bertz CT molecular complexity index is 917. The molecule has 3 atom stereocenters. The molecule has 0 bridgehead atoms. The van der Waals surface area contributed by atoms with E-state index in [1.165, 1.54) is 15.6 Å². The van der Waals surface area contributed by atoms with E-state index in [2.05, 4.69) is 4.98 Å². The maximum Gasteiger partial charge on any atom is 0.322 e. The fourth-order valence-corrected chi connectivity index (χ4v) is 7.91. The Balaban J connectivity index is 1.71. The zero-order chi connectivity index (χ0) is 17.8. The number of carbonyl (C=O) groups is 1. The number of aromatic nitrogens is 1. The molecule has 6 nitrogen and oxygen atoms in total. The number of nitrogens with zero attached hydrogens (tertiary/aromatic N) is 2. The maximum absolute atomic E-state index is 13.2. The molecular formula is C16H18N2O4S3. The lowest BCUT2D eigenvalue weighted by atomic mass is 10.0. The van der Waals surface area contributed by atoms with E-state index in [0.717, 1.165) is 46.2 Å². The zero-order valence-corrected chi connectivity index (χ0v) is 16.0. The molecule has 2 aliphatic rings. The van der Waals surface area contributed by atoms with Crippen molar-refractivity contribution in [3.63, 3.8) is 0 Å². The average molecular weight is 399 g/mol. The van der Waals surface area contributed by atoms with Crippen molar-refractivity contribution in [2.45, 2.75) is 48.9 Å². The van der Waals surface area contributed by atoms with E-state index in [1.54, 1.807) is 12.1 Å². The molecule has 2 aromatic rings. The lowest BCUT2D eigenvalue weighted by molar-refractivity contribution is -0.141. The highest BCUT2D eigenvalue weighted by Crippen LogP contribution is 2.45. The first-order valence-corrected chi connectivity index (χ1v) is 11.3. The molecule has 0 spiro atoms. The molecule has 1 saturated heterocycles. The number of aliphatic carboxylic acids is 1. The summed E-state index contributed by atoms with van der Waals surface area (Å²) in [6.45, 7) is 1.90. The Morgan fingerprint density at radius 1 is 1.36 bits per heavy atom. The van der Waals surface area contributed by atoms with Gasteiger partial charge in [-0.1, -0.05) is 6.42 Å². The monoisotopic (exact) mass is 398 g/mol. The molecule has 0 radical (unpaired) electrons. The number of sulfonamides is 1. The summed E-state index contributed by atoms with van der Waals surface area (Å²) in [7, 11) is -3.82. The molecular weight excluding hydrogens is 380 g/mol. The molecule has 0 unspecified atom stereocenters. The van der Waals surface area contributed by atoms with E-state index in [1.807, 2.05) is 12.3 Å². The normalized spacial score (nSPS) is 26.8. The predicted octanol–water partition coefficient (Wildman–Crippen LogP) is 3.20. The molecule has 1 N–H and O–H groups in total. The van der Waals surface area contributed by atoms with Crippen LogP contribution in [0.5, 0.6) is 0 Å². The van der Waals surface area contributed by atoms with Gasteiger partial charge in [0.05, 0.1) is 15.6 Å². The lowest BCUT2D eigenvalue weighted by Gasteiger charge is -2.25. The number of thiophene rings is 1. The van der Waals surface area contributed by atoms with Crippen molar-refractivity contribution >= 4 is 38.7 Å². The number of carboxylic acids is 1. The van der Waals surface area contributed by atoms with E-state index in [4.69, 9.17) is 0 Å². The predicted molar refractivity (Wildman–Crippen MR) is 96.4 cm³/mol. The van der Waals surface area contributed by atoms with Crippen molar-refractivity contribution in [1.29, 1.82) is 0 Å². The molecule has 25 heavy (non-hydrogen) atoms. The van der Waals surface area contributed by atoms with Crippen LogP contribution >= 0.6 is 22.7 Å². The summed E-state index contributed by atoms with van der Waals surface area (Å²) >= 11 is 2.68. The summed E-state index contributed by atoms with van der Waals surface area (Å²) in [5.41, 5.74) is 0.767. The van der Waals surface area contributed by atoms with Gasteiger partial charge in [0.15, 0.2) is 0 Å². The molecule has 1 aliphatic carbocycles. The summed E-state index contributed by atoms with van der Waals surface area (Å²) in [4.78, 5) is 16.8. The first-order valence-electron chi connectivity index (χ1n) is 8.16. The Labute approximate surface area is 154 Å². The molecule has 0 aromatic carbocycles. The Kier molecular flexibility index (Phi) is 4.22. The van der Waals surface area contributed by atoms with E-state index < -0.39 is 22.0 Å². The summed E-state index contributed by atoms with van der Waals surface area (Å²) in [5.74, 6) is -0.888. The van der Waals surface area contributed by atoms with E-state index in [0.29, 0.717) is 6.42 Å². The first kappa shape index (κ1) is 17.1. The van der Waals surface area contributed by atoms with Crippen molar-refractivity contribution in [2.24, 2.45) is 5.92 Å². The molecule has 0 amide bonds. The average Bonchev–Trinajstić information content (AvgIpc) is 3.29. The van der Waals surface area contributed by atoms with Gasteiger partial charge in [-0.2, -0.15) is 4.31 Å². The zero-order valence-electron chi connectivity index (χ0n) is 13.6. The second kappa shape index (κ2) is 6.15. The van der Waals surface area contributed by atoms with Crippen molar-refractivity contribution in [2.75, 3.05) is 0 Å². The van der Waals surface area contributed by atoms with Crippen LogP contribution in [0.15, 0.2) is 21.7 Å². The summed E-state index contributed by atoms with van der Waals surface area (Å²) < 4.78 is 27.9. The van der Waals surface area contributed by atoms with Crippen LogP contribution in [0.25, 0.3) is 10.6 Å². The van der Waals surface area contributed by atoms with Gasteiger partial charge in [0.2, 0.25) is 0 Å². The van der Waals surface area contributed by atoms with Gasteiger partial charge in [0, 0.05) is 11.4 Å². The largest absolute Gasteiger partial charge is 0.480 e. The van der Waals surface area contributed by atoms with Gasteiger partial charge in [0.1, 0.15) is 10.3 Å². The number of hydrogen-bond acceptors (Lipinski definition) is 6. The van der Waals surface area contributed by atoms with Gasteiger partial charge in [-0.25, -0.2) is 13.4 Å². The molecule has 4 rings (SSSR count). The van der Waals surface area contributed by atoms with Crippen molar-refractivity contribution in [3.05, 3.63) is 22.5 Å². The molecule has 9 heteroatoms. The smallest absolute Gasteiger partial charge is 0.322 e. The fraction of sp³-hybridized carbons (Fsp3) is 0.500. The number of fused-ring (bicyclic) bond motifs is 1. The third-order valence-corrected chi connectivity index (χ3v) is 9.33. The SMILES string of the molecule is Cc1nc(-c2ccc(S(=O)(=O)N3[C@@H](C(=O)O)C[C@H]4CCC[C@H]43)s2)cs1. The second-order valence-electron chi connectivity index (χ2n) is 6.55. The van der Waals surface area contributed by atoms with E-state index in [-0.39, 0.29) is 16.2 Å². The highest BCUT2D eigenvalue weighted by atomic mass is 32.2. The Morgan fingerprint density at radius 2 is 2.16 bits per heavy atom. The lowest BCUT2D eigenvalue weighted by Crippen LogP contribution is -2.44. The quantitative estimate of drug-likeness (QED) is 0.854. The second-order valence-corrected chi connectivity index (χ2v) is 10.8. The van der Waals surface area contributed by atoms with Gasteiger partial charge in [-0.15, -0.1) is 22.7 Å². The standard InChI is InChI=1S/C16H18N2O4S3/c1-9-17-11(8-23-9)14-5-6-15(24-14)25(21,22)18-12-4-2-3-10(12)7-13(18)16(19)20/h5-6,8,10,12-13H,2-4,7H2,1H3,(H,19,20)/t10-,12-,13-/m1/s1. The van der Waals surface area contributed by atoms with Crippen LogP contribution in [0.1, 0.15) is 30.7 Å². The minimum absolute atomic E-state index is 0.163. The van der Waals surface area contributed by atoms with Gasteiger partial charge in [0.25, 0.3) is 10.0 Å². The van der Waals surface area contributed by atoms with Crippen LogP contribution in [0.4, 0.5) is 0 Å². The van der Waals surface area contributed by atoms with Crippen molar-refractivity contribution in [1.82, 2.24) is 9.29 Å². The number of carboxylic acid groups (broad SMARTS) is 1. The van der Waals surface area contributed by atoms with E-state index >= 15 is 0 Å².